The van der Waals surface area contributed by atoms with Crippen LogP contribution in [0.5, 0.6) is 5.75 Å². The van der Waals surface area contributed by atoms with Crippen molar-refractivity contribution in [1.29, 1.82) is 0 Å². The van der Waals surface area contributed by atoms with Crippen LogP contribution in [0, 0.1) is 11.6 Å². The SMILES string of the molecule is COc1ccc(CN(CC(=O)NCC(=O)Nc2ccc(F)c(F)c2)C(C)Cc2cccs2)cc1. The van der Waals surface area contributed by atoms with Gasteiger partial charge in [-0.05, 0) is 54.6 Å². The number of nitrogens with one attached hydrogen (secondary N) is 2. The molecular weight excluding hydrogens is 460 g/mol. The van der Waals surface area contributed by atoms with Crippen LogP contribution in [0.1, 0.15) is 17.4 Å². The standard InChI is InChI=1S/C25H27F2N3O3S/c1-17(12-21-4-3-11-34-21)30(15-18-5-8-20(33-2)9-6-18)16-25(32)28-14-24(31)29-19-7-10-22(26)23(27)13-19/h3-11,13,17H,12,14-16H2,1-2H3,(H,28,32)(H,29,31). The zero-order valence-electron chi connectivity index (χ0n) is 19.0. The average Bonchev–Trinajstić information content (AvgIpc) is 3.33. The molecule has 2 aromatic carbocycles. The lowest BCUT2D eigenvalue weighted by molar-refractivity contribution is -0.125. The maximum absolute atomic E-state index is 13.3. The molecule has 0 saturated carbocycles. The summed E-state index contributed by atoms with van der Waals surface area (Å²) in [6, 6.07) is 14.9. The third kappa shape index (κ3) is 7.64. The van der Waals surface area contributed by atoms with Gasteiger partial charge in [-0.25, -0.2) is 8.78 Å². The number of carbonyl (C=O) groups excluding carboxylic acids is 2. The summed E-state index contributed by atoms with van der Waals surface area (Å²) in [6.07, 6.45) is 0.789. The summed E-state index contributed by atoms with van der Waals surface area (Å²) in [7, 11) is 1.61. The van der Waals surface area contributed by atoms with Gasteiger partial charge < -0.3 is 15.4 Å². The van der Waals surface area contributed by atoms with E-state index in [2.05, 4.69) is 23.6 Å². The van der Waals surface area contributed by atoms with E-state index >= 15 is 0 Å². The fourth-order valence-electron chi connectivity index (χ4n) is 3.38. The molecule has 0 aliphatic heterocycles. The summed E-state index contributed by atoms with van der Waals surface area (Å²) in [5.41, 5.74) is 1.14. The molecular formula is C25H27F2N3O3S. The van der Waals surface area contributed by atoms with Crippen molar-refractivity contribution in [2.45, 2.75) is 25.9 Å². The number of benzene rings is 2. The van der Waals surface area contributed by atoms with Crippen molar-refractivity contribution in [3.8, 4) is 5.75 Å². The van der Waals surface area contributed by atoms with E-state index in [9.17, 15) is 18.4 Å². The van der Waals surface area contributed by atoms with Crippen LogP contribution in [0.25, 0.3) is 0 Å². The molecule has 0 radical (unpaired) electrons. The van der Waals surface area contributed by atoms with Crippen molar-refractivity contribution < 1.29 is 23.1 Å². The van der Waals surface area contributed by atoms with Crippen molar-refractivity contribution in [1.82, 2.24) is 10.2 Å². The highest BCUT2D eigenvalue weighted by Crippen LogP contribution is 2.18. The summed E-state index contributed by atoms with van der Waals surface area (Å²) < 4.78 is 31.6. The van der Waals surface area contributed by atoms with E-state index < -0.39 is 17.5 Å². The predicted molar refractivity (Wildman–Crippen MR) is 129 cm³/mol. The number of anilines is 1. The summed E-state index contributed by atoms with van der Waals surface area (Å²) in [6.45, 7) is 2.42. The Morgan fingerprint density at radius 1 is 1.06 bits per heavy atom. The van der Waals surface area contributed by atoms with Crippen molar-refractivity contribution in [3.05, 3.63) is 82.1 Å². The number of carbonyl (C=O) groups is 2. The van der Waals surface area contributed by atoms with Crippen molar-refractivity contribution in [3.63, 3.8) is 0 Å². The summed E-state index contributed by atoms with van der Waals surface area (Å²) in [5.74, 6) is -2.15. The number of nitrogens with zero attached hydrogens (tertiary/aromatic N) is 1. The molecule has 0 saturated heterocycles. The molecule has 1 aromatic heterocycles. The van der Waals surface area contributed by atoms with Gasteiger partial charge >= 0.3 is 0 Å². The molecule has 0 fully saturated rings. The molecule has 0 spiro atoms. The summed E-state index contributed by atoms with van der Waals surface area (Å²) in [5, 5.41) is 7.06. The van der Waals surface area contributed by atoms with Gasteiger partial charge in [-0.15, -0.1) is 11.3 Å². The highest BCUT2D eigenvalue weighted by atomic mass is 32.1. The van der Waals surface area contributed by atoms with Crippen LogP contribution in [0.2, 0.25) is 0 Å². The quantitative estimate of drug-likeness (QED) is 0.425. The van der Waals surface area contributed by atoms with Crippen molar-refractivity contribution >= 4 is 28.8 Å². The minimum absolute atomic E-state index is 0.0718. The fraction of sp³-hybridized carbons (Fsp3) is 0.280. The Balaban J connectivity index is 1.58. The van der Waals surface area contributed by atoms with Crippen LogP contribution in [0.15, 0.2) is 60.0 Å². The van der Waals surface area contributed by atoms with Gasteiger partial charge in [-0.2, -0.15) is 0 Å². The molecule has 0 aliphatic carbocycles. The topological polar surface area (TPSA) is 70.7 Å². The van der Waals surface area contributed by atoms with E-state index in [0.29, 0.717) is 6.54 Å². The average molecular weight is 488 g/mol. The Morgan fingerprint density at radius 2 is 1.82 bits per heavy atom. The molecule has 34 heavy (non-hydrogen) atoms. The highest BCUT2D eigenvalue weighted by molar-refractivity contribution is 7.09. The molecule has 3 rings (SSSR count). The maximum atomic E-state index is 13.3. The van der Waals surface area contributed by atoms with Crippen LogP contribution in [-0.2, 0) is 22.6 Å². The Kier molecular flexibility index (Phi) is 9.12. The van der Waals surface area contributed by atoms with E-state index in [-0.39, 0.29) is 30.7 Å². The fourth-order valence-corrected chi connectivity index (χ4v) is 4.21. The second-order valence-electron chi connectivity index (χ2n) is 7.84. The number of amides is 2. The Labute approximate surface area is 201 Å². The van der Waals surface area contributed by atoms with Gasteiger partial charge in [0.1, 0.15) is 5.75 Å². The summed E-state index contributed by atoms with van der Waals surface area (Å²) >= 11 is 1.67. The first-order valence-electron chi connectivity index (χ1n) is 10.7. The lowest BCUT2D eigenvalue weighted by Crippen LogP contribution is -2.44. The molecule has 1 unspecified atom stereocenters. The molecule has 9 heteroatoms. The molecule has 180 valence electrons. The van der Waals surface area contributed by atoms with E-state index in [0.717, 1.165) is 29.9 Å². The number of hydrogen-bond donors (Lipinski definition) is 2. The van der Waals surface area contributed by atoms with E-state index in [1.165, 1.54) is 10.9 Å². The Bertz CT molecular complexity index is 1090. The first kappa shape index (κ1) is 25.3. The first-order valence-corrected chi connectivity index (χ1v) is 11.6. The smallest absolute Gasteiger partial charge is 0.243 e. The minimum atomic E-state index is -1.06. The second-order valence-corrected chi connectivity index (χ2v) is 8.87. The molecule has 6 nitrogen and oxygen atoms in total. The number of hydrogen-bond acceptors (Lipinski definition) is 5. The maximum Gasteiger partial charge on any atom is 0.243 e. The normalized spacial score (nSPS) is 11.8. The molecule has 0 bridgehead atoms. The molecule has 3 aromatic rings. The van der Waals surface area contributed by atoms with Crippen LogP contribution in [0.4, 0.5) is 14.5 Å². The predicted octanol–water partition coefficient (Wildman–Crippen LogP) is 4.22. The second kappa shape index (κ2) is 12.2. The molecule has 2 amide bonds. The Hall–Kier alpha value is -3.30. The number of methoxy groups -OCH3 is 1. The number of rotatable bonds is 11. The van der Waals surface area contributed by atoms with Crippen LogP contribution >= 0.6 is 11.3 Å². The van der Waals surface area contributed by atoms with E-state index in [1.54, 1.807) is 18.4 Å². The lowest BCUT2D eigenvalue weighted by atomic mass is 10.1. The minimum Gasteiger partial charge on any atom is -0.497 e. The molecule has 0 aliphatic rings. The third-order valence-corrected chi connectivity index (χ3v) is 6.14. The van der Waals surface area contributed by atoms with E-state index in [4.69, 9.17) is 4.74 Å². The van der Waals surface area contributed by atoms with Gasteiger partial charge in [0.25, 0.3) is 0 Å². The first-order chi connectivity index (χ1) is 16.3. The largest absolute Gasteiger partial charge is 0.497 e. The van der Waals surface area contributed by atoms with Gasteiger partial charge in [0.2, 0.25) is 11.8 Å². The molecule has 2 N–H and O–H groups in total. The van der Waals surface area contributed by atoms with Crippen LogP contribution in [0.3, 0.4) is 0 Å². The van der Waals surface area contributed by atoms with Crippen LogP contribution in [-0.4, -0.2) is 43.0 Å². The number of thiophene rings is 1. The lowest BCUT2D eigenvalue weighted by Gasteiger charge is -2.28. The van der Waals surface area contributed by atoms with Gasteiger partial charge in [-0.3, -0.25) is 14.5 Å². The Morgan fingerprint density at radius 3 is 2.47 bits per heavy atom. The van der Waals surface area contributed by atoms with Crippen molar-refractivity contribution in [2.24, 2.45) is 0 Å². The van der Waals surface area contributed by atoms with Crippen molar-refractivity contribution in [2.75, 3.05) is 25.5 Å². The monoisotopic (exact) mass is 487 g/mol. The van der Waals surface area contributed by atoms with Crippen LogP contribution < -0.4 is 15.4 Å². The third-order valence-electron chi connectivity index (χ3n) is 5.24. The highest BCUT2D eigenvalue weighted by Gasteiger charge is 2.19. The zero-order chi connectivity index (χ0) is 24.5. The van der Waals surface area contributed by atoms with Gasteiger partial charge in [-0.1, -0.05) is 18.2 Å². The van der Waals surface area contributed by atoms with E-state index in [1.807, 2.05) is 40.6 Å². The molecule has 1 atom stereocenters. The zero-order valence-corrected chi connectivity index (χ0v) is 19.8. The van der Waals surface area contributed by atoms with Gasteiger partial charge in [0.05, 0.1) is 20.2 Å². The van der Waals surface area contributed by atoms with Gasteiger partial charge in [0, 0.05) is 29.2 Å². The molecule has 1 heterocycles. The number of ether oxygens (including phenoxy) is 1. The number of halogens is 2. The summed E-state index contributed by atoms with van der Waals surface area (Å²) in [4.78, 5) is 28.0. The van der Waals surface area contributed by atoms with Gasteiger partial charge in [0.15, 0.2) is 11.6 Å².